The number of hydrogen-bond acceptors (Lipinski definition) is 5. The maximum absolute atomic E-state index is 11.7. The fourth-order valence-corrected chi connectivity index (χ4v) is 4.20. The maximum Gasteiger partial charge on any atom is 0.309 e. The number of methoxy groups -OCH3 is 1. The Labute approximate surface area is 201 Å². The number of unbranched alkanes of at least 4 members (excludes halogenated alkanes) is 11. The molecule has 0 aromatic rings. The van der Waals surface area contributed by atoms with Crippen molar-refractivity contribution in [2.45, 2.75) is 141 Å². The molecule has 0 radical (unpaired) electrons. The molecule has 4 atom stereocenters. The summed E-state index contributed by atoms with van der Waals surface area (Å²) in [4.78, 5) is 23.1. The van der Waals surface area contributed by atoms with Crippen LogP contribution in [0.25, 0.3) is 0 Å². The van der Waals surface area contributed by atoms with E-state index in [0.717, 1.165) is 44.9 Å². The van der Waals surface area contributed by atoms with E-state index in [1.54, 1.807) is 0 Å². The molecule has 0 spiro atoms. The Kier molecular flexibility index (Phi) is 20.6. The standard InChI is InChI=1S/C26H51NO6/c1-4-6-8-10-11-12-13-14-15-17-21(33-25(32-3)20-24(27)29)19-23(28)22(26(30)31)18-16-9-7-5-2/h21-23,25,28H,4-20H2,1-3H3,(H2,27,29)(H,30,31)/t21-,22-,23-,25?/m0/s1. The second-order valence-corrected chi connectivity index (χ2v) is 9.31. The van der Waals surface area contributed by atoms with Crippen LogP contribution < -0.4 is 5.73 Å². The largest absolute Gasteiger partial charge is 0.481 e. The van der Waals surface area contributed by atoms with Gasteiger partial charge in [0.1, 0.15) is 0 Å². The van der Waals surface area contributed by atoms with Gasteiger partial charge in [0, 0.05) is 13.5 Å². The van der Waals surface area contributed by atoms with Crippen molar-refractivity contribution in [2.24, 2.45) is 11.7 Å². The highest BCUT2D eigenvalue weighted by Gasteiger charge is 2.30. The van der Waals surface area contributed by atoms with Gasteiger partial charge in [0.2, 0.25) is 5.91 Å². The van der Waals surface area contributed by atoms with Crippen molar-refractivity contribution in [1.29, 1.82) is 0 Å². The van der Waals surface area contributed by atoms with E-state index < -0.39 is 30.2 Å². The predicted molar refractivity (Wildman–Crippen MR) is 132 cm³/mol. The highest BCUT2D eigenvalue weighted by atomic mass is 16.7. The van der Waals surface area contributed by atoms with Crippen LogP contribution in [0, 0.1) is 5.92 Å². The molecule has 0 aromatic heterocycles. The van der Waals surface area contributed by atoms with Crippen LogP contribution in [0.3, 0.4) is 0 Å². The summed E-state index contributed by atoms with van der Waals surface area (Å²) in [6.07, 6.45) is 13.8. The van der Waals surface area contributed by atoms with Crippen molar-refractivity contribution in [3.63, 3.8) is 0 Å². The van der Waals surface area contributed by atoms with E-state index in [-0.39, 0.29) is 18.9 Å². The third kappa shape index (κ3) is 17.9. The van der Waals surface area contributed by atoms with Crippen molar-refractivity contribution in [3.05, 3.63) is 0 Å². The highest BCUT2D eigenvalue weighted by Crippen LogP contribution is 2.23. The first kappa shape index (κ1) is 31.8. The van der Waals surface area contributed by atoms with E-state index in [0.29, 0.717) is 12.8 Å². The minimum Gasteiger partial charge on any atom is -0.481 e. The van der Waals surface area contributed by atoms with Crippen LogP contribution in [0.4, 0.5) is 0 Å². The Morgan fingerprint density at radius 2 is 1.30 bits per heavy atom. The lowest BCUT2D eigenvalue weighted by Gasteiger charge is -2.27. The number of carboxylic acid groups (broad SMARTS) is 1. The maximum atomic E-state index is 11.7. The smallest absolute Gasteiger partial charge is 0.309 e. The Hall–Kier alpha value is -1.18. The molecule has 0 aliphatic heterocycles. The van der Waals surface area contributed by atoms with E-state index in [9.17, 15) is 19.8 Å². The lowest BCUT2D eigenvalue weighted by molar-refractivity contribution is -0.173. The topological polar surface area (TPSA) is 119 Å². The molecule has 1 amide bonds. The lowest BCUT2D eigenvalue weighted by atomic mass is 9.90. The van der Waals surface area contributed by atoms with Crippen molar-refractivity contribution in [3.8, 4) is 0 Å². The van der Waals surface area contributed by atoms with Crippen LogP contribution >= 0.6 is 0 Å². The summed E-state index contributed by atoms with van der Waals surface area (Å²) in [7, 11) is 1.45. The molecule has 33 heavy (non-hydrogen) atoms. The van der Waals surface area contributed by atoms with Gasteiger partial charge in [-0.2, -0.15) is 0 Å². The first-order valence-corrected chi connectivity index (χ1v) is 13.2. The fraction of sp³-hybridized carbons (Fsp3) is 0.923. The summed E-state index contributed by atoms with van der Waals surface area (Å²) < 4.78 is 11.2. The Balaban J connectivity index is 4.72. The molecular weight excluding hydrogens is 422 g/mol. The van der Waals surface area contributed by atoms with E-state index >= 15 is 0 Å². The summed E-state index contributed by atoms with van der Waals surface area (Å²) in [6, 6.07) is 0. The van der Waals surface area contributed by atoms with Crippen LogP contribution in [-0.2, 0) is 19.1 Å². The number of carboxylic acids is 1. The molecule has 7 heteroatoms. The fourth-order valence-electron chi connectivity index (χ4n) is 4.20. The second-order valence-electron chi connectivity index (χ2n) is 9.31. The number of carbonyl (C=O) groups excluding carboxylic acids is 1. The summed E-state index contributed by atoms with van der Waals surface area (Å²) in [5, 5.41) is 20.3. The Morgan fingerprint density at radius 1 is 0.818 bits per heavy atom. The molecule has 7 nitrogen and oxygen atoms in total. The van der Waals surface area contributed by atoms with Gasteiger partial charge in [-0.25, -0.2) is 0 Å². The zero-order chi connectivity index (χ0) is 24.9. The van der Waals surface area contributed by atoms with Crippen LogP contribution in [0.1, 0.15) is 123 Å². The Morgan fingerprint density at radius 3 is 1.79 bits per heavy atom. The van der Waals surface area contributed by atoms with Gasteiger partial charge in [-0.15, -0.1) is 0 Å². The quantitative estimate of drug-likeness (QED) is 0.125. The van der Waals surface area contributed by atoms with Gasteiger partial charge in [0.25, 0.3) is 0 Å². The molecule has 0 saturated carbocycles. The summed E-state index contributed by atoms with van der Waals surface area (Å²) in [5.74, 6) is -2.31. The monoisotopic (exact) mass is 473 g/mol. The number of hydrogen-bond donors (Lipinski definition) is 3. The SMILES string of the molecule is CCCCCCCCCCC[C@@H](C[C@H](O)[C@H](CCCCCC)C(=O)O)OC(CC(N)=O)OC. The number of aliphatic hydroxyl groups is 1. The second kappa shape index (κ2) is 21.4. The summed E-state index contributed by atoms with van der Waals surface area (Å²) in [6.45, 7) is 4.33. The minimum atomic E-state index is -1.00. The van der Waals surface area contributed by atoms with Gasteiger partial charge in [-0.3, -0.25) is 9.59 Å². The number of aliphatic carboxylic acids is 1. The van der Waals surface area contributed by atoms with Crippen LogP contribution in [0.15, 0.2) is 0 Å². The van der Waals surface area contributed by atoms with E-state index in [2.05, 4.69) is 13.8 Å². The van der Waals surface area contributed by atoms with Crippen LogP contribution in [0.2, 0.25) is 0 Å². The number of nitrogens with two attached hydrogens (primary N) is 1. The first-order chi connectivity index (χ1) is 15.8. The van der Waals surface area contributed by atoms with Crippen LogP contribution in [-0.4, -0.2) is 47.7 Å². The van der Waals surface area contributed by atoms with Crippen molar-refractivity contribution in [2.75, 3.05) is 7.11 Å². The molecule has 196 valence electrons. The summed E-state index contributed by atoms with van der Waals surface area (Å²) >= 11 is 0. The number of amides is 1. The van der Waals surface area contributed by atoms with Gasteiger partial charge < -0.3 is 25.4 Å². The number of ether oxygens (including phenoxy) is 2. The van der Waals surface area contributed by atoms with Crippen molar-refractivity contribution in [1.82, 2.24) is 0 Å². The minimum absolute atomic E-state index is 0.0692. The average molecular weight is 474 g/mol. The molecule has 4 N–H and O–H groups in total. The molecule has 0 saturated heterocycles. The molecule has 0 rings (SSSR count). The number of aliphatic hydroxyl groups excluding tert-OH is 1. The predicted octanol–water partition coefficient (Wildman–Crippen LogP) is 5.56. The zero-order valence-corrected chi connectivity index (χ0v) is 21.4. The van der Waals surface area contributed by atoms with Gasteiger partial charge in [-0.1, -0.05) is 97.3 Å². The molecule has 0 heterocycles. The molecular formula is C26H51NO6. The normalized spacial score (nSPS) is 15.2. The molecule has 1 unspecified atom stereocenters. The zero-order valence-electron chi connectivity index (χ0n) is 21.4. The third-order valence-electron chi connectivity index (χ3n) is 6.26. The number of carbonyl (C=O) groups is 2. The van der Waals surface area contributed by atoms with Gasteiger partial charge in [0.15, 0.2) is 6.29 Å². The molecule has 0 aliphatic carbocycles. The number of primary amides is 1. The molecule has 0 aliphatic rings. The number of rotatable bonds is 24. The van der Waals surface area contributed by atoms with Crippen LogP contribution in [0.5, 0.6) is 0 Å². The lowest BCUT2D eigenvalue weighted by Crippen LogP contribution is -2.35. The average Bonchev–Trinajstić information content (AvgIpc) is 2.76. The Bertz CT molecular complexity index is 487. The van der Waals surface area contributed by atoms with E-state index in [1.165, 1.54) is 45.6 Å². The first-order valence-electron chi connectivity index (χ1n) is 13.2. The molecule has 0 bridgehead atoms. The summed E-state index contributed by atoms with van der Waals surface area (Å²) in [5.41, 5.74) is 5.29. The molecule has 0 fully saturated rings. The van der Waals surface area contributed by atoms with Crippen molar-refractivity contribution >= 4 is 11.9 Å². The van der Waals surface area contributed by atoms with Gasteiger partial charge in [-0.05, 0) is 12.8 Å². The van der Waals surface area contributed by atoms with Gasteiger partial charge >= 0.3 is 5.97 Å². The van der Waals surface area contributed by atoms with Crippen molar-refractivity contribution < 1.29 is 29.3 Å². The third-order valence-corrected chi connectivity index (χ3v) is 6.26. The van der Waals surface area contributed by atoms with E-state index in [1.807, 2.05) is 0 Å². The van der Waals surface area contributed by atoms with E-state index in [4.69, 9.17) is 15.2 Å². The highest BCUT2D eigenvalue weighted by molar-refractivity contribution is 5.74. The molecule has 0 aromatic carbocycles. The van der Waals surface area contributed by atoms with Gasteiger partial charge in [0.05, 0.1) is 24.5 Å².